The first-order valence-electron chi connectivity index (χ1n) is 10.5. The average Bonchev–Trinajstić information content (AvgIpc) is 2.83. The lowest BCUT2D eigenvalue weighted by atomic mass is 10.2. The zero-order valence-electron chi connectivity index (χ0n) is 18.0. The molecule has 0 radical (unpaired) electrons. The van der Waals surface area contributed by atoms with Crippen molar-refractivity contribution < 1.29 is 9.53 Å². The second-order valence-corrected chi connectivity index (χ2v) is 8.52. The first kappa shape index (κ1) is 22.0. The monoisotopic (exact) mass is 450 g/mol. The zero-order chi connectivity index (χ0) is 22.3. The molecule has 0 bridgehead atoms. The molecule has 2 heterocycles. The van der Waals surface area contributed by atoms with E-state index in [4.69, 9.17) is 4.74 Å². The zero-order valence-corrected chi connectivity index (χ0v) is 18.8. The molecule has 1 amide bonds. The Kier molecular flexibility index (Phi) is 7.11. The smallest absolute Gasteiger partial charge is 0.251 e. The average molecular weight is 451 g/mol. The Balaban J connectivity index is 1.32. The lowest BCUT2D eigenvalue weighted by Gasteiger charge is -2.36. The van der Waals surface area contributed by atoms with Crippen LogP contribution in [0, 0.1) is 0 Å². The summed E-state index contributed by atoms with van der Waals surface area (Å²) in [4.78, 5) is 36.3. The van der Waals surface area contributed by atoms with Crippen molar-refractivity contribution in [2.45, 2.75) is 17.3 Å². The highest BCUT2D eigenvalue weighted by atomic mass is 32.2. The van der Waals surface area contributed by atoms with Crippen LogP contribution in [0.1, 0.15) is 11.3 Å². The molecule has 7 nitrogen and oxygen atoms in total. The number of benzene rings is 2. The van der Waals surface area contributed by atoms with Crippen LogP contribution in [0.15, 0.2) is 70.6 Å². The molecule has 4 rings (SSSR count). The third kappa shape index (κ3) is 5.70. The van der Waals surface area contributed by atoms with Crippen LogP contribution in [0.25, 0.3) is 0 Å². The van der Waals surface area contributed by atoms with Crippen LogP contribution in [0.2, 0.25) is 0 Å². The predicted octanol–water partition coefficient (Wildman–Crippen LogP) is 2.96. The number of aromatic amines is 1. The van der Waals surface area contributed by atoms with Gasteiger partial charge in [-0.2, -0.15) is 0 Å². The number of rotatable bonds is 7. The minimum atomic E-state index is -0.234. The maximum atomic E-state index is 12.8. The molecule has 166 valence electrons. The second kappa shape index (κ2) is 10.4. The Morgan fingerprint density at radius 2 is 1.78 bits per heavy atom. The van der Waals surface area contributed by atoms with Crippen LogP contribution < -0.4 is 15.2 Å². The van der Waals surface area contributed by atoms with Crippen molar-refractivity contribution in [1.29, 1.82) is 0 Å². The molecular formula is C24H26N4O3S. The summed E-state index contributed by atoms with van der Waals surface area (Å²) in [5.74, 6) is 1.53. The van der Waals surface area contributed by atoms with E-state index in [1.165, 1.54) is 17.8 Å². The number of hydrogen-bond acceptors (Lipinski definition) is 6. The van der Waals surface area contributed by atoms with Crippen LogP contribution in [0.5, 0.6) is 5.75 Å². The fourth-order valence-corrected chi connectivity index (χ4v) is 4.49. The molecule has 0 saturated carbocycles. The van der Waals surface area contributed by atoms with Crippen molar-refractivity contribution in [3.8, 4) is 5.75 Å². The van der Waals surface area contributed by atoms with Crippen molar-refractivity contribution in [2.24, 2.45) is 0 Å². The molecule has 0 spiro atoms. The number of carbonyl (C=O) groups is 1. The van der Waals surface area contributed by atoms with Gasteiger partial charge >= 0.3 is 0 Å². The number of ether oxygens (including phenoxy) is 1. The fraction of sp³-hybridized carbons (Fsp3) is 0.292. The van der Waals surface area contributed by atoms with Gasteiger partial charge < -0.3 is 19.5 Å². The number of methoxy groups -OCH3 is 1. The molecular weight excluding hydrogens is 424 g/mol. The number of nitrogens with one attached hydrogen (secondary N) is 1. The van der Waals surface area contributed by atoms with Gasteiger partial charge in [0.1, 0.15) is 5.75 Å². The second-order valence-electron chi connectivity index (χ2n) is 7.56. The quantitative estimate of drug-likeness (QED) is 0.441. The van der Waals surface area contributed by atoms with Gasteiger partial charge in [0.15, 0.2) is 5.16 Å². The highest BCUT2D eigenvalue weighted by molar-refractivity contribution is 7.98. The maximum Gasteiger partial charge on any atom is 0.251 e. The van der Waals surface area contributed by atoms with Gasteiger partial charge in [-0.25, -0.2) is 4.98 Å². The molecule has 0 atom stereocenters. The van der Waals surface area contributed by atoms with Gasteiger partial charge in [-0.15, -0.1) is 0 Å². The molecule has 1 aromatic heterocycles. The number of thioether (sulfide) groups is 1. The summed E-state index contributed by atoms with van der Waals surface area (Å²) in [7, 11) is 1.65. The van der Waals surface area contributed by atoms with Crippen LogP contribution >= 0.6 is 11.8 Å². The highest BCUT2D eigenvalue weighted by Crippen LogP contribution is 2.21. The number of piperazine rings is 1. The molecule has 32 heavy (non-hydrogen) atoms. The van der Waals surface area contributed by atoms with Crippen molar-refractivity contribution in [2.75, 3.05) is 38.2 Å². The largest absolute Gasteiger partial charge is 0.497 e. The lowest BCUT2D eigenvalue weighted by Crippen LogP contribution is -2.49. The standard InChI is InChI=1S/C24H26N4O3S/c1-31-21-9-7-20(8-10-21)27-11-13-28(14-12-27)23(30)16-19-15-22(29)26-24(25-19)32-17-18-5-3-2-4-6-18/h2-10,15H,11-14,16-17H2,1H3,(H,25,26,29). The molecule has 1 fully saturated rings. The molecule has 3 aromatic rings. The van der Waals surface area contributed by atoms with Gasteiger partial charge in [0, 0.05) is 43.7 Å². The van der Waals surface area contributed by atoms with E-state index in [1.54, 1.807) is 7.11 Å². The van der Waals surface area contributed by atoms with Crippen molar-refractivity contribution in [3.05, 3.63) is 82.3 Å². The van der Waals surface area contributed by atoms with Crippen LogP contribution in [-0.4, -0.2) is 54.1 Å². The molecule has 1 aliphatic heterocycles. The number of H-pyrrole nitrogens is 1. The summed E-state index contributed by atoms with van der Waals surface area (Å²) in [5.41, 5.74) is 2.54. The third-order valence-electron chi connectivity index (χ3n) is 5.39. The molecule has 8 heteroatoms. The van der Waals surface area contributed by atoms with Crippen molar-refractivity contribution >= 4 is 23.4 Å². The minimum absolute atomic E-state index is 0.00325. The number of anilines is 1. The van der Waals surface area contributed by atoms with E-state index in [9.17, 15) is 9.59 Å². The number of nitrogens with zero attached hydrogens (tertiary/aromatic N) is 3. The van der Waals surface area contributed by atoms with E-state index in [-0.39, 0.29) is 17.9 Å². The van der Waals surface area contributed by atoms with Gasteiger partial charge in [-0.1, -0.05) is 42.1 Å². The van der Waals surface area contributed by atoms with Gasteiger partial charge in [-0.05, 0) is 29.8 Å². The number of amides is 1. The van der Waals surface area contributed by atoms with Gasteiger partial charge in [0.05, 0.1) is 19.2 Å². The van der Waals surface area contributed by atoms with E-state index < -0.39 is 0 Å². The van der Waals surface area contributed by atoms with E-state index >= 15 is 0 Å². The molecule has 0 unspecified atom stereocenters. The number of carbonyl (C=O) groups excluding carboxylic acids is 1. The van der Waals surface area contributed by atoms with E-state index in [2.05, 4.69) is 14.9 Å². The Morgan fingerprint density at radius 3 is 2.47 bits per heavy atom. The fourth-order valence-electron chi connectivity index (χ4n) is 3.64. The molecule has 0 aliphatic carbocycles. The SMILES string of the molecule is COc1ccc(N2CCN(C(=O)Cc3cc(=O)[nH]c(SCc4ccccc4)n3)CC2)cc1. The van der Waals surface area contributed by atoms with E-state index in [0.29, 0.717) is 29.7 Å². The summed E-state index contributed by atoms with van der Waals surface area (Å²) < 4.78 is 5.21. The molecule has 1 N–H and O–H groups in total. The van der Waals surface area contributed by atoms with Crippen molar-refractivity contribution in [1.82, 2.24) is 14.9 Å². The van der Waals surface area contributed by atoms with Crippen molar-refractivity contribution in [3.63, 3.8) is 0 Å². The van der Waals surface area contributed by atoms with E-state index in [0.717, 1.165) is 30.1 Å². The first-order chi connectivity index (χ1) is 15.6. The number of aromatic nitrogens is 2. The summed E-state index contributed by atoms with van der Waals surface area (Å²) in [5, 5.41) is 0.536. The summed E-state index contributed by atoms with van der Waals surface area (Å²) in [6.45, 7) is 2.81. The summed E-state index contributed by atoms with van der Waals surface area (Å²) in [6.07, 6.45) is 0.130. The lowest BCUT2D eigenvalue weighted by molar-refractivity contribution is -0.130. The van der Waals surface area contributed by atoms with Crippen LogP contribution in [0.3, 0.4) is 0 Å². The molecule has 1 saturated heterocycles. The molecule has 1 aliphatic rings. The van der Waals surface area contributed by atoms with Gasteiger partial charge in [0.2, 0.25) is 5.91 Å². The topological polar surface area (TPSA) is 78.5 Å². The van der Waals surface area contributed by atoms with E-state index in [1.807, 2.05) is 59.5 Å². The molecule has 2 aromatic carbocycles. The predicted molar refractivity (Wildman–Crippen MR) is 126 cm³/mol. The highest BCUT2D eigenvalue weighted by Gasteiger charge is 2.22. The number of hydrogen-bond donors (Lipinski definition) is 1. The normalized spacial score (nSPS) is 13.8. The van der Waals surface area contributed by atoms with Gasteiger partial charge in [0.25, 0.3) is 5.56 Å². The Labute approximate surface area is 191 Å². The Bertz CT molecular complexity index is 1090. The maximum absolute atomic E-state index is 12.8. The van der Waals surface area contributed by atoms with Crippen LogP contribution in [-0.2, 0) is 17.0 Å². The first-order valence-corrected chi connectivity index (χ1v) is 11.5. The van der Waals surface area contributed by atoms with Crippen LogP contribution in [0.4, 0.5) is 5.69 Å². The Hall–Kier alpha value is -3.26. The third-order valence-corrected chi connectivity index (χ3v) is 6.34. The summed E-state index contributed by atoms with van der Waals surface area (Å²) >= 11 is 1.46. The minimum Gasteiger partial charge on any atom is -0.497 e. The Morgan fingerprint density at radius 1 is 1.06 bits per heavy atom. The van der Waals surface area contributed by atoms with Gasteiger partial charge in [-0.3, -0.25) is 9.59 Å². The summed E-state index contributed by atoms with van der Waals surface area (Å²) in [6, 6.07) is 19.4.